The molecule has 2 atom stereocenters. The molecule has 25 heavy (non-hydrogen) atoms. The average molecular weight is 361 g/mol. The van der Waals surface area contributed by atoms with Gasteiger partial charge in [-0.05, 0) is 81.4 Å². The van der Waals surface area contributed by atoms with Crippen LogP contribution in [0.15, 0.2) is 24.3 Å². The van der Waals surface area contributed by atoms with Crippen molar-refractivity contribution in [2.75, 3.05) is 5.32 Å². The van der Waals surface area contributed by atoms with Crippen LogP contribution in [0.4, 0.5) is 10.1 Å². The summed E-state index contributed by atoms with van der Waals surface area (Å²) in [5, 5.41) is 7.22. The molecule has 0 radical (unpaired) electrons. The lowest BCUT2D eigenvalue weighted by Gasteiger charge is -2.50. The second kappa shape index (κ2) is 6.90. The smallest absolute Gasteiger partial charge is 0.223 e. The van der Waals surface area contributed by atoms with E-state index in [0.29, 0.717) is 17.2 Å². The monoisotopic (exact) mass is 361 g/mol. The van der Waals surface area contributed by atoms with Crippen LogP contribution in [0, 0.1) is 11.7 Å². The van der Waals surface area contributed by atoms with E-state index in [1.165, 1.54) is 18.6 Å². The van der Waals surface area contributed by atoms with Crippen LogP contribution < -0.4 is 10.6 Å². The minimum absolute atomic E-state index is 0.239. The molecule has 2 saturated heterocycles. The number of hydrogen-bond acceptors (Lipinski definition) is 2. The molecule has 1 amide bonds. The number of fused-ring (bicyclic) bond motifs is 2. The largest absolute Gasteiger partial charge is 0.353 e. The van der Waals surface area contributed by atoms with E-state index in [9.17, 15) is 9.18 Å². The molecule has 6 heteroatoms. The van der Waals surface area contributed by atoms with Crippen molar-refractivity contribution < 1.29 is 9.18 Å². The molecular formula is C19H24FN3OS. The number of amides is 1. The summed E-state index contributed by atoms with van der Waals surface area (Å²) in [5.41, 5.74) is 0.814. The van der Waals surface area contributed by atoms with Crippen molar-refractivity contribution >= 4 is 28.9 Å². The lowest BCUT2D eigenvalue weighted by atomic mass is 9.82. The fourth-order valence-corrected chi connectivity index (χ4v) is 4.63. The third-order valence-electron chi connectivity index (χ3n) is 5.60. The van der Waals surface area contributed by atoms with E-state index in [4.69, 9.17) is 12.2 Å². The standard InChI is InChI=1S/C19H24FN3OS/c20-13-6-8-14(9-7-13)22-19(25)23-16-2-1-3-17(23)11-15(10-16)21-18(24)12-4-5-12/h6-9,12,15-17H,1-5,10-11H2,(H,21,24)(H,22,25). The molecule has 2 heterocycles. The first-order valence-electron chi connectivity index (χ1n) is 9.25. The maximum Gasteiger partial charge on any atom is 0.223 e. The summed E-state index contributed by atoms with van der Waals surface area (Å²) >= 11 is 5.65. The molecule has 1 aromatic rings. The van der Waals surface area contributed by atoms with E-state index in [2.05, 4.69) is 15.5 Å². The Balaban J connectivity index is 1.40. The normalized spacial score (nSPS) is 28.4. The summed E-state index contributed by atoms with van der Waals surface area (Å²) in [6, 6.07) is 7.31. The Morgan fingerprint density at radius 3 is 2.32 bits per heavy atom. The predicted molar refractivity (Wildman–Crippen MR) is 99.8 cm³/mol. The van der Waals surface area contributed by atoms with Crippen molar-refractivity contribution in [2.45, 2.75) is 63.1 Å². The number of hydrogen-bond donors (Lipinski definition) is 2. The lowest BCUT2D eigenvalue weighted by molar-refractivity contribution is -0.123. The molecule has 0 aromatic heterocycles. The van der Waals surface area contributed by atoms with Crippen molar-refractivity contribution in [1.29, 1.82) is 0 Å². The quantitative estimate of drug-likeness (QED) is 0.810. The molecule has 2 unspecified atom stereocenters. The van der Waals surface area contributed by atoms with Crippen LogP contribution in [0.5, 0.6) is 0 Å². The molecule has 2 aliphatic heterocycles. The third-order valence-corrected chi connectivity index (χ3v) is 5.91. The van der Waals surface area contributed by atoms with Gasteiger partial charge in [0, 0.05) is 29.7 Å². The zero-order valence-corrected chi connectivity index (χ0v) is 15.0. The van der Waals surface area contributed by atoms with E-state index < -0.39 is 0 Å². The fourth-order valence-electron chi connectivity index (χ4n) is 4.22. The molecule has 2 N–H and O–H groups in total. The van der Waals surface area contributed by atoms with Crippen LogP contribution in [0.3, 0.4) is 0 Å². The molecule has 1 saturated carbocycles. The first kappa shape index (κ1) is 16.8. The van der Waals surface area contributed by atoms with Gasteiger partial charge in [-0.2, -0.15) is 0 Å². The van der Waals surface area contributed by atoms with Gasteiger partial charge in [0.1, 0.15) is 5.82 Å². The molecule has 1 aromatic carbocycles. The van der Waals surface area contributed by atoms with Crippen molar-refractivity contribution in [3.8, 4) is 0 Å². The number of carbonyl (C=O) groups excluding carboxylic acids is 1. The third kappa shape index (κ3) is 3.78. The summed E-state index contributed by atoms with van der Waals surface area (Å²) in [7, 11) is 0. The summed E-state index contributed by atoms with van der Waals surface area (Å²) < 4.78 is 13.1. The average Bonchev–Trinajstić information content (AvgIpc) is 3.41. The van der Waals surface area contributed by atoms with E-state index >= 15 is 0 Å². The van der Waals surface area contributed by atoms with E-state index in [0.717, 1.165) is 44.2 Å². The Morgan fingerprint density at radius 2 is 1.72 bits per heavy atom. The number of benzene rings is 1. The minimum atomic E-state index is -0.249. The number of thiocarbonyl (C=S) groups is 1. The summed E-state index contributed by atoms with van der Waals surface area (Å²) in [6.45, 7) is 0. The highest BCUT2D eigenvalue weighted by Gasteiger charge is 2.41. The van der Waals surface area contributed by atoms with Gasteiger partial charge in [-0.3, -0.25) is 4.79 Å². The van der Waals surface area contributed by atoms with Crippen molar-refractivity contribution in [3.05, 3.63) is 30.1 Å². The van der Waals surface area contributed by atoms with E-state index in [1.807, 2.05) is 0 Å². The van der Waals surface area contributed by atoms with Crippen LogP contribution in [0.1, 0.15) is 44.9 Å². The van der Waals surface area contributed by atoms with Gasteiger partial charge in [0.2, 0.25) is 5.91 Å². The fraction of sp³-hybridized carbons (Fsp3) is 0.579. The van der Waals surface area contributed by atoms with Gasteiger partial charge in [-0.1, -0.05) is 0 Å². The zero-order chi connectivity index (χ0) is 17.4. The van der Waals surface area contributed by atoms with Crippen molar-refractivity contribution in [2.24, 2.45) is 5.92 Å². The maximum absolute atomic E-state index is 13.1. The van der Waals surface area contributed by atoms with Crippen molar-refractivity contribution in [1.82, 2.24) is 10.2 Å². The van der Waals surface area contributed by atoms with Crippen LogP contribution in [-0.4, -0.2) is 34.0 Å². The molecular weight excluding hydrogens is 337 g/mol. The lowest BCUT2D eigenvalue weighted by Crippen LogP contribution is -2.59. The van der Waals surface area contributed by atoms with Crippen LogP contribution in [-0.2, 0) is 4.79 Å². The molecule has 2 bridgehead atoms. The first-order valence-corrected chi connectivity index (χ1v) is 9.66. The highest BCUT2D eigenvalue weighted by Crippen LogP contribution is 2.36. The van der Waals surface area contributed by atoms with Crippen molar-refractivity contribution in [3.63, 3.8) is 0 Å². The van der Waals surface area contributed by atoms with Gasteiger partial charge in [0.05, 0.1) is 0 Å². The van der Waals surface area contributed by atoms with Gasteiger partial charge in [0.25, 0.3) is 0 Å². The van der Waals surface area contributed by atoms with Gasteiger partial charge < -0.3 is 15.5 Å². The van der Waals surface area contributed by atoms with Gasteiger partial charge >= 0.3 is 0 Å². The predicted octanol–water partition coefficient (Wildman–Crippen LogP) is 3.43. The zero-order valence-electron chi connectivity index (χ0n) is 14.2. The number of halogens is 1. The Morgan fingerprint density at radius 1 is 1.08 bits per heavy atom. The summed E-state index contributed by atoms with van der Waals surface area (Å²) in [6.07, 6.45) is 7.44. The van der Waals surface area contributed by atoms with E-state index in [1.54, 1.807) is 12.1 Å². The van der Waals surface area contributed by atoms with Gasteiger partial charge in [-0.15, -0.1) is 0 Å². The summed E-state index contributed by atoms with van der Waals surface area (Å²) in [5.74, 6) is 0.253. The number of anilines is 1. The van der Waals surface area contributed by atoms with E-state index in [-0.39, 0.29) is 23.7 Å². The van der Waals surface area contributed by atoms with Crippen LogP contribution in [0.25, 0.3) is 0 Å². The Kier molecular flexibility index (Phi) is 4.63. The maximum atomic E-state index is 13.1. The summed E-state index contributed by atoms with van der Waals surface area (Å²) in [4.78, 5) is 14.4. The number of nitrogens with one attached hydrogen (secondary N) is 2. The highest BCUT2D eigenvalue weighted by atomic mass is 32.1. The van der Waals surface area contributed by atoms with Crippen LogP contribution in [0.2, 0.25) is 0 Å². The second-order valence-electron chi connectivity index (χ2n) is 7.53. The van der Waals surface area contributed by atoms with Crippen LogP contribution >= 0.6 is 12.2 Å². The molecule has 0 spiro atoms. The van der Waals surface area contributed by atoms with Gasteiger partial charge in [0.15, 0.2) is 5.11 Å². The first-order chi connectivity index (χ1) is 12.1. The number of piperidine rings is 2. The molecule has 4 nitrogen and oxygen atoms in total. The SMILES string of the molecule is O=C(NC1CC2CCCC(C1)N2C(=S)Nc1ccc(F)cc1)C1CC1. The molecule has 4 rings (SSSR count). The molecule has 3 aliphatic rings. The number of nitrogens with zero attached hydrogens (tertiary/aromatic N) is 1. The Bertz CT molecular complexity index is 647. The number of carbonyl (C=O) groups is 1. The van der Waals surface area contributed by atoms with Gasteiger partial charge in [-0.25, -0.2) is 4.39 Å². The number of rotatable bonds is 3. The second-order valence-corrected chi connectivity index (χ2v) is 7.92. The Hall–Kier alpha value is -1.69. The molecule has 1 aliphatic carbocycles. The molecule has 3 fully saturated rings. The molecule has 134 valence electrons. The minimum Gasteiger partial charge on any atom is -0.353 e. The Labute approximate surface area is 153 Å². The highest BCUT2D eigenvalue weighted by molar-refractivity contribution is 7.80. The topological polar surface area (TPSA) is 44.4 Å².